The van der Waals surface area contributed by atoms with Crippen molar-refractivity contribution in [2.24, 2.45) is 0 Å². The number of hydrogen-bond acceptors (Lipinski definition) is 6. The van der Waals surface area contributed by atoms with E-state index in [2.05, 4.69) is 4.98 Å². The molecule has 1 aliphatic heterocycles. The third kappa shape index (κ3) is 6.58. The summed E-state index contributed by atoms with van der Waals surface area (Å²) in [5, 5.41) is 0. The number of likely N-dealkylation sites (tertiary alicyclic amines) is 1. The van der Waals surface area contributed by atoms with Crippen LogP contribution in [0.3, 0.4) is 0 Å². The van der Waals surface area contributed by atoms with Crippen LogP contribution in [0.1, 0.15) is 34.5 Å². The van der Waals surface area contributed by atoms with Crippen LogP contribution in [0.5, 0.6) is 5.75 Å². The number of rotatable bonds is 9. The van der Waals surface area contributed by atoms with Gasteiger partial charge in [-0.3, -0.25) is 9.78 Å². The van der Waals surface area contributed by atoms with E-state index in [0.29, 0.717) is 17.9 Å². The van der Waals surface area contributed by atoms with Gasteiger partial charge in [-0.15, -0.1) is 11.8 Å². The van der Waals surface area contributed by atoms with Gasteiger partial charge in [-0.05, 0) is 54.8 Å². The molecule has 6 nitrogen and oxygen atoms in total. The van der Waals surface area contributed by atoms with Crippen LogP contribution in [0.4, 0.5) is 0 Å². The highest BCUT2D eigenvalue weighted by atomic mass is 32.2. The Kier molecular flexibility index (Phi) is 7.98. The van der Waals surface area contributed by atoms with Gasteiger partial charge in [0.15, 0.2) is 0 Å². The van der Waals surface area contributed by atoms with Crippen LogP contribution >= 0.6 is 11.8 Å². The molecule has 2 aromatic carbocycles. The average molecular weight is 463 g/mol. The molecule has 1 amide bonds. The van der Waals surface area contributed by atoms with E-state index < -0.39 is 5.97 Å². The fourth-order valence-corrected chi connectivity index (χ4v) is 4.45. The molecule has 3 aromatic rings. The topological polar surface area (TPSA) is 68.7 Å². The van der Waals surface area contributed by atoms with E-state index in [0.717, 1.165) is 47.8 Å². The summed E-state index contributed by atoms with van der Waals surface area (Å²) in [6, 6.07) is 20.4. The third-order valence-electron chi connectivity index (χ3n) is 5.32. The summed E-state index contributed by atoms with van der Waals surface area (Å²) in [5.41, 5.74) is 2.20. The molecule has 4 rings (SSSR count). The fourth-order valence-electron chi connectivity index (χ4n) is 3.51. The first kappa shape index (κ1) is 22.9. The smallest absolute Gasteiger partial charge is 0.339 e. The Labute approximate surface area is 197 Å². The van der Waals surface area contributed by atoms with E-state index in [1.54, 1.807) is 18.3 Å². The van der Waals surface area contributed by atoms with E-state index in [1.807, 2.05) is 59.5 Å². The van der Waals surface area contributed by atoms with Crippen molar-refractivity contribution in [3.8, 4) is 5.75 Å². The first-order chi connectivity index (χ1) is 16.2. The standard InChI is InChI=1S/C26H26N2O4S/c29-25(28-15-5-6-16-28)19-33-24-9-2-1-8-23(24)26(30)32-17-20-10-12-22(13-11-20)31-18-21-7-3-4-14-27-21/h1-4,7-14H,5-6,15-19H2. The van der Waals surface area contributed by atoms with E-state index in [9.17, 15) is 9.59 Å². The van der Waals surface area contributed by atoms with Gasteiger partial charge < -0.3 is 14.4 Å². The number of ether oxygens (including phenoxy) is 2. The second-order valence-electron chi connectivity index (χ2n) is 7.70. The molecule has 0 N–H and O–H groups in total. The molecule has 0 saturated carbocycles. The Morgan fingerprint density at radius 2 is 1.67 bits per heavy atom. The average Bonchev–Trinajstić information content (AvgIpc) is 3.41. The molecule has 33 heavy (non-hydrogen) atoms. The number of carbonyl (C=O) groups is 2. The van der Waals surface area contributed by atoms with Gasteiger partial charge in [0.05, 0.1) is 17.0 Å². The lowest BCUT2D eigenvalue weighted by Gasteiger charge is -2.15. The van der Waals surface area contributed by atoms with Crippen LogP contribution in [0, 0.1) is 0 Å². The molecule has 2 heterocycles. The number of amides is 1. The molecule has 1 saturated heterocycles. The van der Waals surface area contributed by atoms with Crippen molar-refractivity contribution in [1.82, 2.24) is 9.88 Å². The van der Waals surface area contributed by atoms with Crippen LogP contribution in [-0.2, 0) is 22.7 Å². The molecule has 1 aliphatic rings. The Hall–Kier alpha value is -3.32. The van der Waals surface area contributed by atoms with Gasteiger partial charge in [0.25, 0.3) is 0 Å². The number of pyridine rings is 1. The zero-order valence-electron chi connectivity index (χ0n) is 18.3. The molecule has 0 unspecified atom stereocenters. The molecule has 7 heteroatoms. The Morgan fingerprint density at radius 1 is 0.909 bits per heavy atom. The molecule has 0 radical (unpaired) electrons. The quantitative estimate of drug-likeness (QED) is 0.338. The number of carbonyl (C=O) groups excluding carboxylic acids is 2. The van der Waals surface area contributed by atoms with E-state index in [4.69, 9.17) is 9.47 Å². The summed E-state index contributed by atoms with van der Waals surface area (Å²) in [5.74, 6) is 0.762. The minimum absolute atomic E-state index is 0.117. The number of esters is 1. The molecule has 170 valence electrons. The number of benzene rings is 2. The van der Waals surface area contributed by atoms with Crippen molar-refractivity contribution in [3.63, 3.8) is 0 Å². The molecule has 0 spiro atoms. The van der Waals surface area contributed by atoms with Gasteiger partial charge in [0, 0.05) is 24.2 Å². The van der Waals surface area contributed by atoms with E-state index in [-0.39, 0.29) is 12.5 Å². The monoisotopic (exact) mass is 462 g/mol. The first-order valence-corrected chi connectivity index (χ1v) is 12.0. The van der Waals surface area contributed by atoms with Crippen LogP contribution in [-0.4, -0.2) is 40.6 Å². The third-order valence-corrected chi connectivity index (χ3v) is 6.38. The molecular formula is C26H26N2O4S. The predicted molar refractivity (Wildman–Crippen MR) is 127 cm³/mol. The Morgan fingerprint density at radius 3 is 2.42 bits per heavy atom. The van der Waals surface area contributed by atoms with Crippen LogP contribution in [0.15, 0.2) is 77.8 Å². The lowest BCUT2D eigenvalue weighted by Crippen LogP contribution is -2.29. The molecule has 1 aromatic heterocycles. The Balaban J connectivity index is 1.28. The molecule has 1 fully saturated rings. The first-order valence-electron chi connectivity index (χ1n) is 11.0. The number of nitrogens with zero attached hydrogens (tertiary/aromatic N) is 2. The van der Waals surface area contributed by atoms with Gasteiger partial charge in [-0.25, -0.2) is 4.79 Å². The van der Waals surface area contributed by atoms with Crippen LogP contribution < -0.4 is 4.74 Å². The summed E-state index contributed by atoms with van der Waals surface area (Å²) in [6.07, 6.45) is 3.87. The van der Waals surface area contributed by atoms with Crippen LogP contribution in [0.2, 0.25) is 0 Å². The largest absolute Gasteiger partial charge is 0.487 e. The highest BCUT2D eigenvalue weighted by Gasteiger charge is 2.19. The summed E-state index contributed by atoms with van der Waals surface area (Å²) in [7, 11) is 0. The van der Waals surface area contributed by atoms with Gasteiger partial charge >= 0.3 is 5.97 Å². The predicted octanol–water partition coefficient (Wildman–Crippen LogP) is 4.73. The lowest BCUT2D eigenvalue weighted by molar-refractivity contribution is -0.127. The molecule has 0 aliphatic carbocycles. The Bertz CT molecular complexity index is 1070. The minimum atomic E-state index is -0.401. The van der Waals surface area contributed by atoms with Crippen molar-refractivity contribution >= 4 is 23.6 Å². The minimum Gasteiger partial charge on any atom is -0.487 e. The summed E-state index contributed by atoms with van der Waals surface area (Å²) in [6.45, 7) is 2.21. The maximum atomic E-state index is 12.7. The van der Waals surface area contributed by atoms with Gasteiger partial charge in [0.2, 0.25) is 5.91 Å². The second kappa shape index (κ2) is 11.5. The van der Waals surface area contributed by atoms with Gasteiger partial charge in [-0.2, -0.15) is 0 Å². The van der Waals surface area contributed by atoms with E-state index in [1.165, 1.54) is 11.8 Å². The zero-order valence-corrected chi connectivity index (χ0v) is 19.1. The normalized spacial score (nSPS) is 13.0. The van der Waals surface area contributed by atoms with E-state index >= 15 is 0 Å². The van der Waals surface area contributed by atoms with Crippen molar-refractivity contribution in [3.05, 3.63) is 89.7 Å². The SMILES string of the molecule is O=C(OCc1ccc(OCc2ccccn2)cc1)c1ccccc1SCC(=O)N1CCCC1. The summed E-state index contributed by atoms with van der Waals surface area (Å²) >= 11 is 1.38. The van der Waals surface area contributed by atoms with Crippen LogP contribution in [0.25, 0.3) is 0 Å². The van der Waals surface area contributed by atoms with Crippen molar-refractivity contribution in [2.75, 3.05) is 18.8 Å². The van der Waals surface area contributed by atoms with Crippen molar-refractivity contribution in [2.45, 2.75) is 31.0 Å². The fraction of sp³-hybridized carbons (Fsp3) is 0.269. The summed E-state index contributed by atoms with van der Waals surface area (Å²) in [4.78, 5) is 31.9. The maximum absolute atomic E-state index is 12.7. The molecular weight excluding hydrogens is 436 g/mol. The highest BCUT2D eigenvalue weighted by Crippen LogP contribution is 2.25. The van der Waals surface area contributed by atoms with Gasteiger partial charge in [-0.1, -0.05) is 30.3 Å². The molecule has 0 bridgehead atoms. The van der Waals surface area contributed by atoms with Crippen molar-refractivity contribution in [1.29, 1.82) is 0 Å². The highest BCUT2D eigenvalue weighted by molar-refractivity contribution is 8.00. The number of aromatic nitrogens is 1. The lowest BCUT2D eigenvalue weighted by atomic mass is 10.2. The second-order valence-corrected chi connectivity index (χ2v) is 8.72. The zero-order chi connectivity index (χ0) is 22.9. The number of hydrogen-bond donors (Lipinski definition) is 0. The summed E-state index contributed by atoms with van der Waals surface area (Å²) < 4.78 is 11.3. The number of thioether (sulfide) groups is 1. The van der Waals surface area contributed by atoms with Crippen molar-refractivity contribution < 1.29 is 19.1 Å². The molecule has 0 atom stereocenters. The van der Waals surface area contributed by atoms with Gasteiger partial charge in [0.1, 0.15) is 19.0 Å². The maximum Gasteiger partial charge on any atom is 0.339 e.